The van der Waals surface area contributed by atoms with Crippen molar-refractivity contribution in [3.63, 3.8) is 0 Å². The highest BCUT2D eigenvalue weighted by Crippen LogP contribution is 2.72. The molecule has 0 saturated carbocycles. The Hall–Kier alpha value is -3.10. The number of rotatable bonds is 12. The molecule has 0 radical (unpaired) electrons. The lowest BCUT2D eigenvalue weighted by Crippen LogP contribution is -2.58. The first kappa shape index (κ1) is 30.4. The number of anilines is 1. The van der Waals surface area contributed by atoms with Gasteiger partial charge in [0.1, 0.15) is 6.04 Å². The van der Waals surface area contributed by atoms with E-state index in [1.54, 1.807) is 33.7 Å². The number of amides is 2. The summed E-state index contributed by atoms with van der Waals surface area (Å²) in [6.07, 6.45) is 5.98. The Morgan fingerprint density at radius 1 is 1.19 bits per heavy atom. The number of benzene rings is 2. The molecule has 5 rings (SSSR count). The largest absolute Gasteiger partial charge is 0.465 e. The quantitative estimate of drug-likeness (QED) is 0.203. The molecule has 2 aromatic rings. The molecule has 3 fully saturated rings. The van der Waals surface area contributed by atoms with Crippen LogP contribution >= 0.6 is 11.8 Å². The summed E-state index contributed by atoms with van der Waals surface area (Å²) < 4.78 is 4.34. The van der Waals surface area contributed by atoms with Crippen LogP contribution in [0.15, 0.2) is 67.8 Å². The number of ether oxygens (including phenoxy) is 1. The van der Waals surface area contributed by atoms with Crippen molar-refractivity contribution < 1.29 is 24.2 Å². The van der Waals surface area contributed by atoms with E-state index in [0.717, 1.165) is 22.9 Å². The Morgan fingerprint density at radius 3 is 2.60 bits per heavy atom. The SMILES string of the molecule is C=CCCOC(=O)[C@@H]1[C@H]2C(=O)N([C@@H](CO)[C@@H](C)CC)C(C(=O)N(CC=C)c3ccc4ccccc4c3)C23CC[C@@]1(C)S3. The molecule has 8 heteroatoms. The number of likely N-dealkylation sites (tertiary alicyclic amines) is 1. The van der Waals surface area contributed by atoms with E-state index in [0.29, 0.717) is 19.3 Å². The van der Waals surface area contributed by atoms with E-state index < -0.39 is 33.4 Å². The van der Waals surface area contributed by atoms with Crippen LogP contribution in [0.5, 0.6) is 0 Å². The van der Waals surface area contributed by atoms with E-state index >= 15 is 0 Å². The van der Waals surface area contributed by atoms with E-state index in [4.69, 9.17) is 4.74 Å². The predicted molar refractivity (Wildman–Crippen MR) is 168 cm³/mol. The molecular weight excluding hydrogens is 548 g/mol. The zero-order valence-electron chi connectivity index (χ0n) is 24.8. The molecule has 2 amide bonds. The zero-order chi connectivity index (χ0) is 30.2. The van der Waals surface area contributed by atoms with E-state index in [9.17, 15) is 19.5 Å². The number of hydrogen-bond acceptors (Lipinski definition) is 6. The van der Waals surface area contributed by atoms with Crippen LogP contribution in [0.25, 0.3) is 10.8 Å². The van der Waals surface area contributed by atoms with Gasteiger partial charge in [-0.25, -0.2) is 0 Å². The maximum absolute atomic E-state index is 14.9. The summed E-state index contributed by atoms with van der Waals surface area (Å²) in [4.78, 5) is 46.5. The van der Waals surface area contributed by atoms with Gasteiger partial charge in [0.25, 0.3) is 5.91 Å². The second kappa shape index (κ2) is 11.9. The first-order valence-corrected chi connectivity index (χ1v) is 15.8. The number of fused-ring (bicyclic) bond motifs is 2. The number of carbonyl (C=O) groups excluding carboxylic acids is 3. The summed E-state index contributed by atoms with van der Waals surface area (Å²) in [7, 11) is 0. The van der Waals surface area contributed by atoms with Crippen molar-refractivity contribution in [1.82, 2.24) is 4.90 Å². The third kappa shape index (κ3) is 4.77. The van der Waals surface area contributed by atoms with Crippen molar-refractivity contribution >= 4 is 46.0 Å². The monoisotopic (exact) mass is 590 g/mol. The number of esters is 1. The molecule has 3 heterocycles. The summed E-state index contributed by atoms with van der Waals surface area (Å²) in [6, 6.07) is 12.5. The van der Waals surface area contributed by atoms with Crippen molar-refractivity contribution in [1.29, 1.82) is 0 Å². The Bertz CT molecular complexity index is 1390. The van der Waals surface area contributed by atoms with Gasteiger partial charge in [-0.3, -0.25) is 14.4 Å². The summed E-state index contributed by atoms with van der Waals surface area (Å²) in [6.45, 7) is 13.9. The average molecular weight is 591 g/mol. The van der Waals surface area contributed by atoms with Gasteiger partial charge in [-0.15, -0.1) is 24.9 Å². The maximum Gasteiger partial charge on any atom is 0.311 e. The highest BCUT2D eigenvalue weighted by molar-refractivity contribution is 8.02. The van der Waals surface area contributed by atoms with Crippen molar-refractivity contribution in [2.24, 2.45) is 17.8 Å². The van der Waals surface area contributed by atoms with Crippen LogP contribution in [0.3, 0.4) is 0 Å². The standard InChI is InChI=1S/C34H42N2O5S/c1-6-9-19-41-32(40)28-27-30(38)36(26(21-37)22(4)8-3)29(34(27)17-16-33(28,5)42-34)31(39)35(18-7-2)25-15-14-23-12-10-11-13-24(23)20-25/h6-7,10-15,20,22,26-29,37H,1-2,8-9,16-19,21H2,3-5H3/t22-,26-,27-,28-,29?,33+,34?/m0/s1. The molecule has 224 valence electrons. The number of hydrogen-bond donors (Lipinski definition) is 1. The average Bonchev–Trinajstić information content (AvgIpc) is 3.56. The molecule has 1 spiro atoms. The number of aliphatic hydroxyl groups excluding tert-OH is 1. The fourth-order valence-corrected chi connectivity index (χ4v) is 9.77. The van der Waals surface area contributed by atoms with Crippen molar-refractivity contribution in [3.8, 4) is 0 Å². The predicted octanol–water partition coefficient (Wildman–Crippen LogP) is 5.37. The normalized spacial score (nSPS) is 29.3. The summed E-state index contributed by atoms with van der Waals surface area (Å²) in [5.74, 6) is -2.24. The van der Waals surface area contributed by atoms with Gasteiger partial charge in [-0.2, -0.15) is 0 Å². The fraction of sp³-hybridized carbons (Fsp3) is 0.500. The number of carbonyl (C=O) groups is 3. The molecule has 42 heavy (non-hydrogen) atoms. The van der Waals surface area contributed by atoms with Crippen LogP contribution in [0.1, 0.15) is 46.5 Å². The van der Waals surface area contributed by atoms with Crippen molar-refractivity contribution in [2.75, 3.05) is 24.7 Å². The molecule has 7 nitrogen and oxygen atoms in total. The van der Waals surface area contributed by atoms with E-state index in [-0.39, 0.29) is 43.5 Å². The van der Waals surface area contributed by atoms with Gasteiger partial charge < -0.3 is 19.6 Å². The summed E-state index contributed by atoms with van der Waals surface area (Å²) in [5, 5.41) is 12.7. The fourth-order valence-electron chi connectivity index (χ4n) is 7.45. The molecule has 2 unspecified atom stereocenters. The smallest absolute Gasteiger partial charge is 0.311 e. The van der Waals surface area contributed by atoms with Gasteiger partial charge in [0.15, 0.2) is 0 Å². The number of thioether (sulfide) groups is 1. The van der Waals surface area contributed by atoms with Crippen molar-refractivity contribution in [2.45, 2.75) is 68.0 Å². The van der Waals surface area contributed by atoms with Crippen LogP contribution < -0.4 is 4.90 Å². The van der Waals surface area contributed by atoms with Crippen LogP contribution in [0.4, 0.5) is 5.69 Å². The Labute approximate surface area is 253 Å². The zero-order valence-corrected chi connectivity index (χ0v) is 25.6. The van der Waals surface area contributed by atoms with Gasteiger partial charge in [0.2, 0.25) is 5.91 Å². The van der Waals surface area contributed by atoms with E-state index in [2.05, 4.69) is 13.2 Å². The van der Waals surface area contributed by atoms with Gasteiger partial charge >= 0.3 is 5.97 Å². The lowest BCUT2D eigenvalue weighted by Gasteiger charge is -2.41. The maximum atomic E-state index is 14.9. The molecule has 2 bridgehead atoms. The number of nitrogens with zero attached hydrogens (tertiary/aromatic N) is 2. The molecule has 0 aromatic heterocycles. The lowest BCUT2D eigenvalue weighted by atomic mass is 9.66. The molecule has 7 atom stereocenters. The minimum absolute atomic E-state index is 0.0474. The highest BCUT2D eigenvalue weighted by Gasteiger charge is 2.78. The Morgan fingerprint density at radius 2 is 1.93 bits per heavy atom. The van der Waals surface area contributed by atoms with Crippen LogP contribution in [-0.4, -0.2) is 69.1 Å². The minimum atomic E-state index is -0.842. The molecule has 3 saturated heterocycles. The van der Waals surface area contributed by atoms with Crippen molar-refractivity contribution in [3.05, 3.63) is 67.8 Å². The van der Waals surface area contributed by atoms with Gasteiger partial charge in [0.05, 0.1) is 35.8 Å². The van der Waals surface area contributed by atoms with E-state index in [1.807, 2.05) is 63.2 Å². The third-order valence-corrected chi connectivity index (χ3v) is 11.7. The Balaban J connectivity index is 1.62. The third-order valence-electron chi connectivity index (χ3n) is 9.74. The van der Waals surface area contributed by atoms with Gasteiger partial charge in [-0.1, -0.05) is 62.8 Å². The Kier molecular flexibility index (Phi) is 8.59. The highest BCUT2D eigenvalue weighted by atomic mass is 32.2. The van der Waals surface area contributed by atoms with E-state index in [1.165, 1.54) is 0 Å². The molecule has 0 aliphatic carbocycles. The molecule has 1 N–H and O–H groups in total. The van der Waals surface area contributed by atoms with Gasteiger partial charge in [0, 0.05) is 17.0 Å². The van der Waals surface area contributed by atoms with Crippen LogP contribution in [-0.2, 0) is 19.1 Å². The number of aliphatic hydroxyl groups is 1. The second-order valence-corrected chi connectivity index (χ2v) is 14.0. The first-order chi connectivity index (χ1) is 20.2. The van der Waals surface area contributed by atoms with Gasteiger partial charge in [-0.05, 0) is 55.0 Å². The van der Waals surface area contributed by atoms with Crippen LogP contribution in [0, 0.1) is 17.8 Å². The molecule has 3 aliphatic heterocycles. The minimum Gasteiger partial charge on any atom is -0.465 e. The second-order valence-electron chi connectivity index (χ2n) is 12.1. The topological polar surface area (TPSA) is 87.1 Å². The molecular formula is C34H42N2O5S. The molecule has 3 aliphatic rings. The summed E-state index contributed by atoms with van der Waals surface area (Å²) >= 11 is 1.61. The first-order valence-electron chi connectivity index (χ1n) is 15.0. The summed E-state index contributed by atoms with van der Waals surface area (Å²) in [5.41, 5.74) is 0.721. The lowest BCUT2D eigenvalue weighted by molar-refractivity contribution is -0.156. The molecule has 2 aromatic carbocycles. The van der Waals surface area contributed by atoms with Crippen LogP contribution in [0.2, 0.25) is 0 Å².